The molecule has 40 heavy (non-hydrogen) atoms. The Morgan fingerprint density at radius 2 is 1.88 bits per heavy atom. The van der Waals surface area contributed by atoms with E-state index in [1.54, 1.807) is 6.08 Å². The van der Waals surface area contributed by atoms with Gasteiger partial charge >= 0.3 is 0 Å². The highest BCUT2D eigenvalue weighted by Gasteiger charge is 2.33. The van der Waals surface area contributed by atoms with Gasteiger partial charge in [0.15, 0.2) is 5.79 Å². The second-order valence-corrected chi connectivity index (χ2v) is 11.3. The summed E-state index contributed by atoms with van der Waals surface area (Å²) in [5.74, 6) is 0.330. The molecule has 208 valence electrons. The highest BCUT2D eigenvalue weighted by Crippen LogP contribution is 2.33. The van der Waals surface area contributed by atoms with Crippen molar-refractivity contribution < 1.29 is 28.5 Å². The van der Waals surface area contributed by atoms with Crippen LogP contribution in [0, 0.1) is 20.8 Å². The summed E-state index contributed by atoms with van der Waals surface area (Å²) in [6.45, 7) is 11.2. The molecule has 0 saturated carbocycles. The van der Waals surface area contributed by atoms with Gasteiger partial charge in [-0.1, -0.05) is 30.3 Å². The van der Waals surface area contributed by atoms with Gasteiger partial charge < -0.3 is 18.9 Å². The van der Waals surface area contributed by atoms with E-state index in [0.29, 0.717) is 36.4 Å². The number of ether oxygens (including phenoxy) is 4. The van der Waals surface area contributed by atoms with Crippen molar-refractivity contribution in [3.05, 3.63) is 81.4 Å². The van der Waals surface area contributed by atoms with E-state index in [1.165, 1.54) is 0 Å². The molecule has 0 unspecified atom stereocenters. The Morgan fingerprint density at radius 1 is 1.10 bits per heavy atom. The van der Waals surface area contributed by atoms with Crippen molar-refractivity contribution >= 4 is 29.0 Å². The molecular formula is C31H32N2O6S. The molecule has 1 aromatic heterocycles. The maximum atomic E-state index is 11.8. The van der Waals surface area contributed by atoms with Gasteiger partial charge in [0, 0.05) is 17.3 Å². The Balaban J connectivity index is 1.26. The largest absolute Gasteiger partial charge is 0.489 e. The van der Waals surface area contributed by atoms with Gasteiger partial charge in [-0.25, -0.2) is 4.98 Å². The maximum Gasteiger partial charge on any atom is 0.290 e. The standard InChI is InChI=1S/C31H32N2O6S/c1-18-13-27(37-16-24-17-38-31(4,5)39-24)32-20(3)28(18)25-8-6-7-22(19(25)2)15-36-23-11-9-21(10-12-23)14-26-29(34)33-30(35)40-26/h6-14,24H,15-17H2,1-5H3,(H,33,34,35)/b26-14-/t24-/m0/s1. The van der Waals surface area contributed by atoms with Crippen LogP contribution in [0.25, 0.3) is 17.2 Å². The highest BCUT2D eigenvalue weighted by molar-refractivity contribution is 8.18. The third kappa shape index (κ3) is 6.38. The number of carbonyl (C=O) groups is 2. The smallest absolute Gasteiger partial charge is 0.290 e. The number of hydrogen-bond donors (Lipinski definition) is 1. The van der Waals surface area contributed by atoms with Gasteiger partial charge in [0.25, 0.3) is 11.1 Å². The first kappa shape index (κ1) is 27.9. The number of imide groups is 1. The minimum atomic E-state index is -0.582. The van der Waals surface area contributed by atoms with Gasteiger partial charge in [0.2, 0.25) is 5.88 Å². The monoisotopic (exact) mass is 560 g/mol. The number of pyridine rings is 1. The number of carbonyl (C=O) groups excluding carboxylic acids is 2. The van der Waals surface area contributed by atoms with Crippen LogP contribution in [-0.2, 0) is 20.9 Å². The van der Waals surface area contributed by atoms with E-state index in [-0.39, 0.29) is 17.3 Å². The van der Waals surface area contributed by atoms with Crippen LogP contribution >= 0.6 is 11.8 Å². The number of nitrogens with one attached hydrogen (secondary N) is 1. The SMILES string of the molecule is Cc1cc(OC[C@H]2COC(C)(C)O2)nc(C)c1-c1cccc(COc2ccc(/C=C3\SC(=O)NC3=O)cc2)c1C. The predicted molar refractivity (Wildman–Crippen MR) is 154 cm³/mol. The van der Waals surface area contributed by atoms with Gasteiger partial charge in [-0.3, -0.25) is 14.9 Å². The van der Waals surface area contributed by atoms with E-state index in [1.807, 2.05) is 57.2 Å². The third-order valence-corrected chi connectivity index (χ3v) is 7.60. The fraction of sp³-hybridized carbons (Fsp3) is 0.323. The zero-order valence-electron chi connectivity index (χ0n) is 23.2. The van der Waals surface area contributed by atoms with E-state index in [9.17, 15) is 9.59 Å². The molecule has 2 aromatic carbocycles. The van der Waals surface area contributed by atoms with E-state index < -0.39 is 5.79 Å². The van der Waals surface area contributed by atoms with Crippen molar-refractivity contribution in [2.75, 3.05) is 13.2 Å². The molecule has 3 heterocycles. The van der Waals surface area contributed by atoms with Crippen LogP contribution in [0.1, 0.15) is 41.8 Å². The molecule has 0 spiro atoms. The summed E-state index contributed by atoms with van der Waals surface area (Å²) in [7, 11) is 0. The number of hydrogen-bond acceptors (Lipinski definition) is 8. The van der Waals surface area contributed by atoms with Gasteiger partial charge in [-0.05, 0) is 92.4 Å². The van der Waals surface area contributed by atoms with Crippen LogP contribution in [0.5, 0.6) is 11.6 Å². The Bertz CT molecular complexity index is 1460. The lowest BCUT2D eigenvalue weighted by Crippen LogP contribution is -2.25. The lowest BCUT2D eigenvalue weighted by atomic mass is 9.93. The molecule has 2 fully saturated rings. The normalized spacial score (nSPS) is 19.2. The second-order valence-electron chi connectivity index (χ2n) is 10.3. The summed E-state index contributed by atoms with van der Waals surface area (Å²) in [6, 6.07) is 15.6. The van der Waals surface area contributed by atoms with Crippen molar-refractivity contribution in [3.8, 4) is 22.8 Å². The first-order valence-electron chi connectivity index (χ1n) is 13.1. The van der Waals surface area contributed by atoms with Crippen molar-refractivity contribution in [1.82, 2.24) is 10.3 Å². The quantitative estimate of drug-likeness (QED) is 0.330. The lowest BCUT2D eigenvalue weighted by Gasteiger charge is -2.18. The summed E-state index contributed by atoms with van der Waals surface area (Å²) in [6.07, 6.45) is 1.57. The molecule has 2 saturated heterocycles. The third-order valence-electron chi connectivity index (χ3n) is 6.79. The van der Waals surface area contributed by atoms with Crippen molar-refractivity contribution in [3.63, 3.8) is 0 Å². The van der Waals surface area contributed by atoms with Gasteiger partial charge in [0.1, 0.15) is 25.1 Å². The Kier molecular flexibility index (Phi) is 7.98. The Hall–Kier alpha value is -3.66. The van der Waals surface area contributed by atoms with Crippen LogP contribution in [0.4, 0.5) is 4.79 Å². The van der Waals surface area contributed by atoms with E-state index in [4.69, 9.17) is 23.9 Å². The van der Waals surface area contributed by atoms with Crippen LogP contribution in [0.3, 0.4) is 0 Å². The summed E-state index contributed by atoms with van der Waals surface area (Å²) >= 11 is 0.901. The molecule has 3 aromatic rings. The van der Waals surface area contributed by atoms with Gasteiger partial charge in [-0.15, -0.1) is 0 Å². The Labute approximate surface area is 238 Å². The minimum Gasteiger partial charge on any atom is -0.489 e. The maximum absolute atomic E-state index is 11.8. The van der Waals surface area contributed by atoms with Gasteiger partial charge in [-0.2, -0.15) is 0 Å². The summed E-state index contributed by atoms with van der Waals surface area (Å²) < 4.78 is 23.5. The zero-order valence-corrected chi connectivity index (χ0v) is 24.0. The number of aryl methyl sites for hydroxylation is 2. The molecule has 0 aliphatic carbocycles. The minimum absolute atomic E-state index is 0.122. The molecule has 1 N–H and O–H groups in total. The summed E-state index contributed by atoms with van der Waals surface area (Å²) in [5.41, 5.74) is 7.16. The molecule has 5 rings (SSSR count). The fourth-order valence-electron chi connectivity index (χ4n) is 4.81. The summed E-state index contributed by atoms with van der Waals surface area (Å²) in [4.78, 5) is 28.2. The number of rotatable bonds is 8. The average Bonchev–Trinajstić information content (AvgIpc) is 3.42. The molecule has 2 aliphatic rings. The van der Waals surface area contributed by atoms with Crippen LogP contribution in [-0.4, -0.2) is 41.2 Å². The first-order chi connectivity index (χ1) is 19.1. The predicted octanol–water partition coefficient (Wildman–Crippen LogP) is 6.11. The van der Waals surface area contributed by atoms with Crippen LogP contribution in [0.2, 0.25) is 0 Å². The molecular weight excluding hydrogens is 528 g/mol. The number of benzene rings is 2. The number of thioether (sulfide) groups is 1. The molecule has 0 bridgehead atoms. The van der Waals surface area contributed by atoms with E-state index >= 15 is 0 Å². The second kappa shape index (κ2) is 11.4. The van der Waals surface area contributed by atoms with Crippen LogP contribution < -0.4 is 14.8 Å². The van der Waals surface area contributed by atoms with Crippen molar-refractivity contribution in [2.45, 2.75) is 53.1 Å². The van der Waals surface area contributed by atoms with Gasteiger partial charge in [0.05, 0.1) is 11.5 Å². The molecule has 9 heteroatoms. The molecule has 0 radical (unpaired) electrons. The molecule has 8 nitrogen and oxygen atoms in total. The van der Waals surface area contributed by atoms with E-state index in [0.717, 1.165) is 50.8 Å². The molecule has 1 atom stereocenters. The van der Waals surface area contributed by atoms with Crippen molar-refractivity contribution in [2.24, 2.45) is 0 Å². The topological polar surface area (TPSA) is 96.0 Å². The summed E-state index contributed by atoms with van der Waals surface area (Å²) in [5, 5.41) is 1.91. The molecule has 2 amide bonds. The fourth-order valence-corrected chi connectivity index (χ4v) is 5.49. The average molecular weight is 561 g/mol. The first-order valence-corrected chi connectivity index (χ1v) is 13.9. The lowest BCUT2D eigenvalue weighted by molar-refractivity contribution is -0.141. The molecule has 2 aliphatic heterocycles. The van der Waals surface area contributed by atoms with Crippen LogP contribution in [0.15, 0.2) is 53.4 Å². The number of nitrogens with zero attached hydrogens (tertiary/aromatic N) is 1. The number of aromatic nitrogens is 1. The highest BCUT2D eigenvalue weighted by atomic mass is 32.2. The zero-order chi connectivity index (χ0) is 28.4. The number of amides is 2. The Morgan fingerprint density at radius 3 is 2.52 bits per heavy atom. The van der Waals surface area contributed by atoms with E-state index in [2.05, 4.69) is 31.3 Å². The van der Waals surface area contributed by atoms with Crippen molar-refractivity contribution in [1.29, 1.82) is 0 Å².